The molecule has 3 saturated heterocycles. The average Bonchev–Trinajstić information content (AvgIpc) is 2.99. The van der Waals surface area contributed by atoms with Crippen molar-refractivity contribution >= 4 is 23.1 Å². The lowest BCUT2D eigenvalue weighted by Crippen LogP contribution is -2.65. The summed E-state index contributed by atoms with van der Waals surface area (Å²) < 4.78 is 26.6. The molecule has 4 aliphatic rings. The first-order chi connectivity index (χ1) is 16.6. The maximum Gasteiger partial charge on any atom is 0.246 e. The number of benzene rings is 1. The van der Waals surface area contributed by atoms with Crippen molar-refractivity contribution in [3.8, 4) is 5.75 Å². The van der Waals surface area contributed by atoms with Gasteiger partial charge in [-0.25, -0.2) is 9.37 Å². The molecular weight excluding hydrogens is 437 g/mol. The van der Waals surface area contributed by atoms with Gasteiger partial charge in [0.05, 0.1) is 24.5 Å². The third-order valence-corrected chi connectivity index (χ3v) is 7.31. The highest BCUT2D eigenvalue weighted by atomic mass is 19.1. The van der Waals surface area contributed by atoms with E-state index in [1.54, 1.807) is 17.2 Å². The Bertz CT molecular complexity index is 1120. The van der Waals surface area contributed by atoms with Crippen LogP contribution < -0.4 is 15.0 Å². The van der Waals surface area contributed by atoms with Crippen LogP contribution >= 0.6 is 0 Å². The fourth-order valence-electron chi connectivity index (χ4n) is 5.21. The number of morpholine rings is 1. The van der Waals surface area contributed by atoms with Crippen LogP contribution in [0.3, 0.4) is 0 Å². The first-order valence-corrected chi connectivity index (χ1v) is 11.8. The molecule has 0 spiro atoms. The van der Waals surface area contributed by atoms with Gasteiger partial charge in [-0.1, -0.05) is 6.58 Å². The van der Waals surface area contributed by atoms with Gasteiger partial charge in [0.1, 0.15) is 12.4 Å². The van der Waals surface area contributed by atoms with Crippen molar-refractivity contribution in [3.05, 3.63) is 54.0 Å². The minimum absolute atomic E-state index is 0.0158. The molecule has 0 unspecified atom stereocenters. The summed E-state index contributed by atoms with van der Waals surface area (Å²) in [6.45, 7) is 9.97. The van der Waals surface area contributed by atoms with Crippen molar-refractivity contribution in [2.45, 2.75) is 18.6 Å². The van der Waals surface area contributed by atoms with Gasteiger partial charge >= 0.3 is 0 Å². The zero-order chi connectivity index (χ0) is 23.2. The standard InChI is InChI=1S/C25H28FN5O3/c1-2-23(32)31-13-18(14-31)30-11-17(12-30)16-9-20(26)24-21(10-16)28-25-19(15-34-24)22(3-4-27-25)29-5-7-33-8-6-29/h2-4,9-10,17-18H,1,5-8,11-15H2,(H,27,28). The molecule has 1 N–H and O–H groups in total. The molecule has 0 bridgehead atoms. The van der Waals surface area contributed by atoms with E-state index in [-0.39, 0.29) is 30.0 Å². The van der Waals surface area contributed by atoms with Gasteiger partial charge < -0.3 is 24.6 Å². The lowest BCUT2D eigenvalue weighted by atomic mass is 9.88. The monoisotopic (exact) mass is 465 g/mol. The Labute approximate surface area is 197 Å². The van der Waals surface area contributed by atoms with Crippen molar-refractivity contribution in [2.75, 3.05) is 62.7 Å². The van der Waals surface area contributed by atoms with E-state index in [0.29, 0.717) is 30.8 Å². The van der Waals surface area contributed by atoms with Crippen molar-refractivity contribution in [1.82, 2.24) is 14.8 Å². The number of carbonyl (C=O) groups excluding carboxylic acids is 1. The van der Waals surface area contributed by atoms with E-state index in [4.69, 9.17) is 9.47 Å². The van der Waals surface area contributed by atoms with Gasteiger partial charge in [0, 0.05) is 63.1 Å². The minimum Gasteiger partial charge on any atom is -0.483 e. The highest BCUT2D eigenvalue weighted by Crippen LogP contribution is 2.41. The zero-order valence-electron chi connectivity index (χ0n) is 19.0. The second-order valence-electron chi connectivity index (χ2n) is 9.30. The summed E-state index contributed by atoms with van der Waals surface area (Å²) in [4.78, 5) is 22.6. The zero-order valence-corrected chi connectivity index (χ0v) is 19.0. The number of hydrogen-bond acceptors (Lipinski definition) is 7. The molecule has 3 fully saturated rings. The predicted molar refractivity (Wildman–Crippen MR) is 126 cm³/mol. The molecule has 1 aromatic carbocycles. The van der Waals surface area contributed by atoms with Crippen LogP contribution in [0, 0.1) is 5.82 Å². The average molecular weight is 466 g/mol. The molecule has 1 amide bonds. The first-order valence-electron chi connectivity index (χ1n) is 11.8. The Kier molecular flexibility index (Phi) is 5.38. The highest BCUT2D eigenvalue weighted by Gasteiger charge is 2.40. The number of carbonyl (C=O) groups is 1. The number of nitrogens with one attached hydrogen (secondary N) is 1. The third kappa shape index (κ3) is 3.69. The molecule has 178 valence electrons. The van der Waals surface area contributed by atoms with Crippen LogP contribution in [-0.2, 0) is 16.1 Å². The largest absolute Gasteiger partial charge is 0.483 e. The highest BCUT2D eigenvalue weighted by molar-refractivity contribution is 5.87. The first kappa shape index (κ1) is 21.4. The van der Waals surface area contributed by atoms with Crippen LogP contribution in [0.15, 0.2) is 37.1 Å². The lowest BCUT2D eigenvalue weighted by Gasteiger charge is -2.51. The van der Waals surface area contributed by atoms with Crippen LogP contribution in [-0.4, -0.2) is 79.2 Å². The van der Waals surface area contributed by atoms with Gasteiger partial charge in [-0.15, -0.1) is 0 Å². The van der Waals surface area contributed by atoms with Gasteiger partial charge in [-0.2, -0.15) is 0 Å². The quantitative estimate of drug-likeness (QED) is 0.696. The number of hydrogen-bond donors (Lipinski definition) is 1. The van der Waals surface area contributed by atoms with Crippen LogP contribution in [0.2, 0.25) is 0 Å². The van der Waals surface area contributed by atoms with E-state index >= 15 is 4.39 Å². The molecule has 0 radical (unpaired) electrons. The van der Waals surface area contributed by atoms with Gasteiger partial charge in [-0.05, 0) is 29.8 Å². The van der Waals surface area contributed by atoms with Gasteiger partial charge in [0.15, 0.2) is 11.6 Å². The SMILES string of the molecule is C=CC(=O)N1CC(N2CC(c3cc(F)c4c(c3)Nc3nccc(N5CCOCC5)c3CO4)C2)C1. The summed E-state index contributed by atoms with van der Waals surface area (Å²) in [5.41, 5.74) is 3.55. The molecule has 0 aliphatic carbocycles. The number of aromatic nitrogens is 1. The Morgan fingerprint density at radius 2 is 2.00 bits per heavy atom. The Morgan fingerprint density at radius 3 is 2.76 bits per heavy atom. The van der Waals surface area contributed by atoms with Crippen molar-refractivity contribution in [1.29, 1.82) is 0 Å². The van der Waals surface area contributed by atoms with Crippen LogP contribution in [0.5, 0.6) is 5.75 Å². The normalized spacial score (nSPS) is 20.7. The maximum absolute atomic E-state index is 15.1. The smallest absolute Gasteiger partial charge is 0.246 e. The summed E-state index contributed by atoms with van der Waals surface area (Å²) in [6.07, 6.45) is 3.14. The Hall–Kier alpha value is -3.17. The van der Waals surface area contributed by atoms with Gasteiger partial charge in [0.2, 0.25) is 5.91 Å². The summed E-state index contributed by atoms with van der Waals surface area (Å²) in [5.74, 6) is 0.823. The van der Waals surface area contributed by atoms with E-state index in [9.17, 15) is 4.79 Å². The van der Waals surface area contributed by atoms with Crippen molar-refractivity contribution in [2.24, 2.45) is 0 Å². The number of ether oxygens (including phenoxy) is 2. The third-order valence-electron chi connectivity index (χ3n) is 7.31. The van der Waals surface area contributed by atoms with Crippen molar-refractivity contribution < 1.29 is 18.7 Å². The summed E-state index contributed by atoms with van der Waals surface area (Å²) in [7, 11) is 0. The maximum atomic E-state index is 15.1. The second kappa shape index (κ2) is 8.56. The van der Waals surface area contributed by atoms with E-state index < -0.39 is 0 Å². The van der Waals surface area contributed by atoms with Crippen LogP contribution in [0.25, 0.3) is 0 Å². The number of halogens is 1. The van der Waals surface area contributed by atoms with E-state index in [1.165, 1.54) is 6.08 Å². The second-order valence-corrected chi connectivity index (χ2v) is 9.30. The number of likely N-dealkylation sites (tertiary alicyclic amines) is 2. The Morgan fingerprint density at radius 1 is 1.21 bits per heavy atom. The fraction of sp³-hybridized carbons (Fsp3) is 0.440. The summed E-state index contributed by atoms with van der Waals surface area (Å²) in [6, 6.07) is 5.96. The molecule has 5 heterocycles. The number of amides is 1. The van der Waals surface area contributed by atoms with Crippen LogP contribution in [0.1, 0.15) is 17.0 Å². The molecule has 0 saturated carbocycles. The minimum atomic E-state index is -0.356. The molecule has 0 atom stereocenters. The molecule has 34 heavy (non-hydrogen) atoms. The Balaban J connectivity index is 1.18. The molecule has 2 aromatic rings. The molecule has 9 heteroatoms. The van der Waals surface area contributed by atoms with Gasteiger partial charge in [-0.3, -0.25) is 9.69 Å². The molecule has 8 nitrogen and oxygen atoms in total. The summed E-state index contributed by atoms with van der Waals surface area (Å²) >= 11 is 0. The number of pyridine rings is 1. The van der Waals surface area contributed by atoms with Crippen LogP contribution in [0.4, 0.5) is 21.6 Å². The topological polar surface area (TPSA) is 70.2 Å². The number of nitrogens with zero attached hydrogens (tertiary/aromatic N) is 4. The van der Waals surface area contributed by atoms with E-state index in [0.717, 1.165) is 56.1 Å². The van der Waals surface area contributed by atoms with Crippen molar-refractivity contribution in [3.63, 3.8) is 0 Å². The molecular formula is C25H28FN5O3. The fourth-order valence-corrected chi connectivity index (χ4v) is 5.21. The molecule has 4 aliphatic heterocycles. The number of anilines is 3. The number of fused-ring (bicyclic) bond motifs is 2. The number of rotatable bonds is 4. The van der Waals surface area contributed by atoms with E-state index in [2.05, 4.69) is 26.7 Å². The predicted octanol–water partition coefficient (Wildman–Crippen LogP) is 2.49. The molecule has 6 rings (SSSR count). The molecule has 1 aromatic heterocycles. The summed E-state index contributed by atoms with van der Waals surface area (Å²) in [5, 5.41) is 3.35. The van der Waals surface area contributed by atoms with Gasteiger partial charge in [0.25, 0.3) is 0 Å². The van der Waals surface area contributed by atoms with E-state index in [1.807, 2.05) is 12.1 Å². The lowest BCUT2D eigenvalue weighted by molar-refractivity contribution is -0.134.